The van der Waals surface area contributed by atoms with Crippen molar-refractivity contribution in [3.05, 3.63) is 29.8 Å². The van der Waals surface area contributed by atoms with E-state index in [0.717, 1.165) is 43.3 Å². The van der Waals surface area contributed by atoms with Gasteiger partial charge in [-0.15, -0.1) is 11.8 Å². The third-order valence-corrected chi connectivity index (χ3v) is 6.25. The summed E-state index contributed by atoms with van der Waals surface area (Å²) in [5.74, 6) is 0.433. The Kier molecular flexibility index (Phi) is 6.19. The van der Waals surface area contributed by atoms with Crippen LogP contribution in [0, 0.1) is 5.92 Å². The van der Waals surface area contributed by atoms with Crippen LogP contribution in [0.1, 0.15) is 43.6 Å². The lowest BCUT2D eigenvalue weighted by atomic mass is 9.84. The average molecular weight is 349 g/mol. The number of carbonyl (C=O) groups is 1. The number of benzene rings is 1. The van der Waals surface area contributed by atoms with Gasteiger partial charge in [-0.25, -0.2) is 5.06 Å². The monoisotopic (exact) mass is 349 g/mol. The number of rotatable bonds is 7. The van der Waals surface area contributed by atoms with E-state index < -0.39 is 0 Å². The number of hydroxylamine groups is 2. The van der Waals surface area contributed by atoms with Gasteiger partial charge in [-0.3, -0.25) is 9.63 Å². The molecule has 0 N–H and O–H groups in total. The van der Waals surface area contributed by atoms with Crippen molar-refractivity contribution in [2.75, 3.05) is 27.4 Å². The first kappa shape index (κ1) is 17.8. The summed E-state index contributed by atoms with van der Waals surface area (Å²) in [5.41, 5.74) is 1.09. The van der Waals surface area contributed by atoms with Gasteiger partial charge in [-0.2, -0.15) is 0 Å². The third-order valence-electron chi connectivity index (χ3n) is 4.90. The number of hydrogen-bond donors (Lipinski definition) is 0. The van der Waals surface area contributed by atoms with E-state index in [9.17, 15) is 4.79 Å². The molecule has 1 saturated heterocycles. The maximum Gasteiger partial charge on any atom is 0.253 e. The van der Waals surface area contributed by atoms with Gasteiger partial charge in [-0.1, -0.05) is 12.1 Å². The molecule has 1 atom stereocenters. The minimum absolute atomic E-state index is 0.0339. The summed E-state index contributed by atoms with van der Waals surface area (Å²) in [5, 5.41) is 2.16. The van der Waals surface area contributed by atoms with Crippen LogP contribution in [0.25, 0.3) is 0 Å². The number of ether oxygens (including phenoxy) is 1. The molecule has 1 unspecified atom stereocenters. The number of hydrogen-bond acceptors (Lipinski definition) is 4. The molecular weight excluding hydrogens is 322 g/mol. The SMILES string of the molecule is CON(C)C(=O)C(CC1CCOCC1)c1ccc(SC2CC2)cc1. The third kappa shape index (κ3) is 4.74. The first-order chi connectivity index (χ1) is 11.7. The molecule has 2 aliphatic rings. The highest BCUT2D eigenvalue weighted by atomic mass is 32.2. The highest BCUT2D eigenvalue weighted by Crippen LogP contribution is 2.39. The topological polar surface area (TPSA) is 38.8 Å². The zero-order valence-electron chi connectivity index (χ0n) is 14.6. The molecule has 1 saturated carbocycles. The zero-order chi connectivity index (χ0) is 16.9. The fourth-order valence-corrected chi connectivity index (χ4v) is 4.21. The molecule has 1 heterocycles. The van der Waals surface area contributed by atoms with E-state index in [4.69, 9.17) is 9.57 Å². The number of thioether (sulfide) groups is 1. The molecule has 1 aromatic carbocycles. The molecule has 0 aromatic heterocycles. The molecule has 0 bridgehead atoms. The van der Waals surface area contributed by atoms with Gasteiger partial charge >= 0.3 is 0 Å². The van der Waals surface area contributed by atoms with Crippen LogP contribution < -0.4 is 0 Å². The Morgan fingerprint density at radius 3 is 2.50 bits per heavy atom. The van der Waals surface area contributed by atoms with Crippen LogP contribution in [-0.4, -0.2) is 43.6 Å². The molecule has 24 heavy (non-hydrogen) atoms. The Hall–Kier alpha value is -1.04. The van der Waals surface area contributed by atoms with E-state index in [1.807, 2.05) is 11.8 Å². The van der Waals surface area contributed by atoms with Gasteiger partial charge in [0, 0.05) is 30.4 Å². The molecular formula is C19H27NO3S. The highest BCUT2D eigenvalue weighted by molar-refractivity contribution is 8.00. The van der Waals surface area contributed by atoms with Crippen molar-refractivity contribution in [2.24, 2.45) is 5.92 Å². The summed E-state index contributed by atoms with van der Waals surface area (Å²) in [6.45, 7) is 1.62. The molecule has 4 nitrogen and oxygen atoms in total. The summed E-state index contributed by atoms with van der Waals surface area (Å²) in [6, 6.07) is 8.57. The first-order valence-corrected chi connectivity index (χ1v) is 9.71. The number of carbonyl (C=O) groups excluding carboxylic acids is 1. The summed E-state index contributed by atoms with van der Waals surface area (Å²) in [4.78, 5) is 19.2. The van der Waals surface area contributed by atoms with Crippen molar-refractivity contribution in [3.8, 4) is 0 Å². The smallest absolute Gasteiger partial charge is 0.253 e. The minimum Gasteiger partial charge on any atom is -0.381 e. The molecule has 0 spiro atoms. The van der Waals surface area contributed by atoms with Crippen LogP contribution in [-0.2, 0) is 14.4 Å². The Morgan fingerprint density at radius 1 is 1.25 bits per heavy atom. The van der Waals surface area contributed by atoms with Crippen LogP contribution in [0.4, 0.5) is 0 Å². The van der Waals surface area contributed by atoms with Crippen molar-refractivity contribution in [2.45, 2.75) is 48.2 Å². The molecule has 132 valence electrons. The van der Waals surface area contributed by atoms with Crippen LogP contribution in [0.5, 0.6) is 0 Å². The molecule has 2 fully saturated rings. The summed E-state index contributed by atoms with van der Waals surface area (Å²) < 4.78 is 5.45. The molecule has 3 rings (SSSR count). The number of nitrogens with zero attached hydrogens (tertiary/aromatic N) is 1. The van der Waals surface area contributed by atoms with E-state index in [-0.39, 0.29) is 11.8 Å². The maximum absolute atomic E-state index is 12.8. The first-order valence-electron chi connectivity index (χ1n) is 8.83. The highest BCUT2D eigenvalue weighted by Gasteiger charge is 2.29. The molecule has 1 amide bonds. The van der Waals surface area contributed by atoms with Gasteiger partial charge in [0.15, 0.2) is 0 Å². The van der Waals surface area contributed by atoms with Gasteiger partial charge in [0.25, 0.3) is 5.91 Å². The normalized spacial score (nSPS) is 19.9. The van der Waals surface area contributed by atoms with E-state index >= 15 is 0 Å². The van der Waals surface area contributed by atoms with Crippen LogP contribution in [0.2, 0.25) is 0 Å². The molecule has 5 heteroatoms. The zero-order valence-corrected chi connectivity index (χ0v) is 15.4. The predicted molar refractivity (Wildman–Crippen MR) is 96.0 cm³/mol. The minimum atomic E-state index is -0.141. The predicted octanol–water partition coefficient (Wildman–Crippen LogP) is 3.86. The van der Waals surface area contributed by atoms with Gasteiger partial charge in [0.2, 0.25) is 0 Å². The Bertz CT molecular complexity index is 538. The lowest BCUT2D eigenvalue weighted by Crippen LogP contribution is -2.32. The lowest BCUT2D eigenvalue weighted by Gasteiger charge is -2.28. The Balaban J connectivity index is 1.72. The second kappa shape index (κ2) is 8.37. The van der Waals surface area contributed by atoms with E-state index in [0.29, 0.717) is 5.92 Å². The number of amides is 1. The van der Waals surface area contributed by atoms with Crippen molar-refractivity contribution in [1.82, 2.24) is 5.06 Å². The second-order valence-corrected chi connectivity index (χ2v) is 8.12. The summed E-state index contributed by atoms with van der Waals surface area (Å²) >= 11 is 1.95. The van der Waals surface area contributed by atoms with Crippen molar-refractivity contribution in [1.29, 1.82) is 0 Å². The average Bonchev–Trinajstić information content (AvgIpc) is 3.44. The standard InChI is InChI=1S/C19H27NO3S/c1-20(22-2)19(21)18(13-14-9-11-23-12-10-14)15-3-5-16(6-4-15)24-17-7-8-17/h3-6,14,17-18H,7-13H2,1-2H3. The van der Waals surface area contributed by atoms with Gasteiger partial charge in [0.05, 0.1) is 13.0 Å². The van der Waals surface area contributed by atoms with Crippen LogP contribution >= 0.6 is 11.8 Å². The fourth-order valence-electron chi connectivity index (χ4n) is 3.16. The van der Waals surface area contributed by atoms with E-state index in [2.05, 4.69) is 24.3 Å². The van der Waals surface area contributed by atoms with Gasteiger partial charge in [-0.05, 0) is 55.7 Å². The molecule has 1 aliphatic heterocycles. The van der Waals surface area contributed by atoms with Crippen molar-refractivity contribution in [3.63, 3.8) is 0 Å². The van der Waals surface area contributed by atoms with Crippen LogP contribution in [0.15, 0.2) is 29.2 Å². The largest absolute Gasteiger partial charge is 0.381 e. The van der Waals surface area contributed by atoms with Gasteiger partial charge in [0.1, 0.15) is 0 Å². The fraction of sp³-hybridized carbons (Fsp3) is 0.632. The maximum atomic E-state index is 12.8. The lowest BCUT2D eigenvalue weighted by molar-refractivity contribution is -0.171. The summed E-state index contributed by atoms with van der Waals surface area (Å²) in [7, 11) is 3.23. The molecule has 1 aliphatic carbocycles. The van der Waals surface area contributed by atoms with Crippen LogP contribution in [0.3, 0.4) is 0 Å². The molecule has 0 radical (unpaired) electrons. The Labute approximate surface area is 148 Å². The Morgan fingerprint density at radius 2 is 1.92 bits per heavy atom. The van der Waals surface area contributed by atoms with Crippen molar-refractivity contribution < 1.29 is 14.4 Å². The quantitative estimate of drug-likeness (QED) is 0.701. The van der Waals surface area contributed by atoms with Gasteiger partial charge < -0.3 is 4.74 Å². The van der Waals surface area contributed by atoms with E-state index in [1.165, 1.54) is 22.8 Å². The number of likely N-dealkylation sites (N-methyl/N-ethyl adjacent to an activating group) is 1. The summed E-state index contributed by atoms with van der Waals surface area (Å²) in [6.07, 6.45) is 5.60. The molecule has 1 aromatic rings. The second-order valence-electron chi connectivity index (χ2n) is 6.75. The van der Waals surface area contributed by atoms with Crippen molar-refractivity contribution >= 4 is 17.7 Å². The van der Waals surface area contributed by atoms with E-state index in [1.54, 1.807) is 14.2 Å².